The lowest BCUT2D eigenvalue weighted by Crippen LogP contribution is -2.33. The van der Waals surface area contributed by atoms with Crippen LogP contribution in [-0.2, 0) is 19.9 Å². The molecule has 3 rings (SSSR count). The van der Waals surface area contributed by atoms with Gasteiger partial charge in [-0.25, -0.2) is 25.9 Å². The summed E-state index contributed by atoms with van der Waals surface area (Å²) < 4.78 is 69.3. The molecule has 0 aliphatic rings. The highest BCUT2D eigenvalue weighted by Crippen LogP contribution is 2.30. The predicted molar refractivity (Wildman–Crippen MR) is 121 cm³/mol. The van der Waals surface area contributed by atoms with Gasteiger partial charge >= 0.3 is 0 Å². The Bertz CT molecular complexity index is 1330. The number of aryl methyl sites for hydroxylation is 4. The Hall–Kier alpha value is -2.62. The van der Waals surface area contributed by atoms with Crippen LogP contribution in [0.1, 0.15) is 33.1 Å². The standard InChI is InChI=1S/C23H25FN2O4S2/c1-15-10-17(3)23(18(4)11-15)32(29,30)26-14-22(19-6-5-9-25-13-19)31(27,28)20-7-8-21(24)16(2)12-20/h5-13,22,26H,14H2,1-4H3/t22-/m0/s1. The quantitative estimate of drug-likeness (QED) is 0.521. The van der Waals surface area contributed by atoms with E-state index in [1.165, 1.54) is 31.5 Å². The summed E-state index contributed by atoms with van der Waals surface area (Å²) in [5, 5.41) is -1.25. The van der Waals surface area contributed by atoms with Crippen molar-refractivity contribution in [1.82, 2.24) is 9.71 Å². The molecule has 0 bridgehead atoms. The summed E-state index contributed by atoms with van der Waals surface area (Å²) in [5.41, 5.74) is 2.59. The Morgan fingerprint density at radius 3 is 2.16 bits per heavy atom. The summed E-state index contributed by atoms with van der Waals surface area (Å²) in [7, 11) is -8.05. The maximum Gasteiger partial charge on any atom is 0.241 e. The smallest absolute Gasteiger partial charge is 0.241 e. The lowest BCUT2D eigenvalue weighted by molar-refractivity contribution is 0.567. The van der Waals surface area contributed by atoms with Crippen LogP contribution in [0.4, 0.5) is 4.39 Å². The second-order valence-corrected chi connectivity index (χ2v) is 11.6. The second-order valence-electron chi connectivity index (χ2n) is 7.81. The molecule has 0 saturated heterocycles. The first kappa shape index (κ1) is 24.0. The summed E-state index contributed by atoms with van der Waals surface area (Å²) >= 11 is 0. The van der Waals surface area contributed by atoms with E-state index in [2.05, 4.69) is 9.71 Å². The van der Waals surface area contributed by atoms with Crippen LogP contribution >= 0.6 is 0 Å². The van der Waals surface area contributed by atoms with Gasteiger partial charge in [-0.1, -0.05) is 23.8 Å². The zero-order valence-electron chi connectivity index (χ0n) is 18.3. The fraction of sp³-hybridized carbons (Fsp3) is 0.261. The first-order valence-electron chi connectivity index (χ1n) is 9.91. The third-order valence-corrected chi connectivity index (χ3v) is 9.05. The molecule has 0 amide bonds. The number of benzene rings is 2. The molecule has 0 aliphatic heterocycles. The molecular formula is C23H25FN2O4S2. The van der Waals surface area contributed by atoms with Gasteiger partial charge in [-0.2, -0.15) is 0 Å². The van der Waals surface area contributed by atoms with Gasteiger partial charge in [-0.05, 0) is 74.2 Å². The fourth-order valence-electron chi connectivity index (χ4n) is 3.78. The van der Waals surface area contributed by atoms with Crippen molar-refractivity contribution in [1.29, 1.82) is 0 Å². The lowest BCUT2D eigenvalue weighted by Gasteiger charge is -2.20. The molecule has 1 atom stereocenters. The van der Waals surface area contributed by atoms with E-state index in [-0.39, 0.29) is 15.4 Å². The zero-order valence-corrected chi connectivity index (χ0v) is 19.9. The number of hydrogen-bond acceptors (Lipinski definition) is 5. The number of pyridine rings is 1. The van der Waals surface area contributed by atoms with Gasteiger partial charge < -0.3 is 0 Å². The van der Waals surface area contributed by atoms with Crippen molar-refractivity contribution in [2.45, 2.75) is 42.7 Å². The van der Waals surface area contributed by atoms with Gasteiger partial charge in [0.05, 0.1) is 9.79 Å². The molecule has 6 nitrogen and oxygen atoms in total. The van der Waals surface area contributed by atoms with Gasteiger partial charge in [-0.15, -0.1) is 0 Å². The molecule has 0 aliphatic carbocycles. The molecule has 0 radical (unpaired) electrons. The molecule has 2 aromatic carbocycles. The van der Waals surface area contributed by atoms with E-state index in [1.807, 2.05) is 6.92 Å². The molecule has 0 spiro atoms. The monoisotopic (exact) mass is 476 g/mol. The van der Waals surface area contributed by atoms with E-state index in [0.717, 1.165) is 11.6 Å². The number of nitrogens with one attached hydrogen (secondary N) is 1. The van der Waals surface area contributed by atoms with Crippen molar-refractivity contribution in [3.63, 3.8) is 0 Å². The highest BCUT2D eigenvalue weighted by molar-refractivity contribution is 7.92. The normalized spacial score (nSPS) is 13.2. The van der Waals surface area contributed by atoms with Crippen LogP contribution in [0.15, 0.2) is 64.6 Å². The SMILES string of the molecule is Cc1cc(C)c(S(=O)(=O)NC[C@@H](c2cccnc2)S(=O)(=O)c2ccc(F)c(C)c2)c(C)c1. The predicted octanol–water partition coefficient (Wildman–Crippen LogP) is 3.95. The zero-order chi connectivity index (χ0) is 23.7. The molecule has 0 unspecified atom stereocenters. The minimum Gasteiger partial charge on any atom is -0.264 e. The van der Waals surface area contributed by atoms with Crippen LogP contribution in [0, 0.1) is 33.5 Å². The Labute approximate surface area is 188 Å². The highest BCUT2D eigenvalue weighted by atomic mass is 32.2. The van der Waals surface area contributed by atoms with Crippen LogP contribution in [0.25, 0.3) is 0 Å². The molecule has 1 heterocycles. The van der Waals surface area contributed by atoms with E-state index in [4.69, 9.17) is 0 Å². The molecule has 1 N–H and O–H groups in total. The van der Waals surface area contributed by atoms with Gasteiger partial charge in [0.1, 0.15) is 11.1 Å². The Kier molecular flexibility index (Phi) is 6.83. The highest BCUT2D eigenvalue weighted by Gasteiger charge is 2.32. The molecule has 0 saturated carbocycles. The summed E-state index contributed by atoms with van der Waals surface area (Å²) in [4.78, 5) is 4.02. The number of hydrogen-bond donors (Lipinski definition) is 1. The molecule has 1 aromatic heterocycles. The number of halogens is 1. The largest absolute Gasteiger partial charge is 0.264 e. The Morgan fingerprint density at radius 1 is 0.938 bits per heavy atom. The van der Waals surface area contributed by atoms with E-state index in [0.29, 0.717) is 16.7 Å². The molecule has 170 valence electrons. The van der Waals surface area contributed by atoms with Crippen LogP contribution < -0.4 is 4.72 Å². The molecule has 9 heteroatoms. The van der Waals surface area contributed by atoms with Crippen LogP contribution in [0.2, 0.25) is 0 Å². The van der Waals surface area contributed by atoms with Crippen molar-refractivity contribution < 1.29 is 21.2 Å². The maximum atomic E-state index is 13.7. The first-order valence-corrected chi connectivity index (χ1v) is 12.9. The minimum atomic E-state index is -4.06. The van der Waals surface area contributed by atoms with Crippen molar-refractivity contribution in [3.05, 3.63) is 88.5 Å². The lowest BCUT2D eigenvalue weighted by atomic mass is 10.1. The molecule has 32 heavy (non-hydrogen) atoms. The number of aromatic nitrogens is 1. The van der Waals surface area contributed by atoms with Gasteiger partial charge in [0.2, 0.25) is 10.0 Å². The Morgan fingerprint density at radius 2 is 1.59 bits per heavy atom. The van der Waals surface area contributed by atoms with E-state index in [9.17, 15) is 21.2 Å². The second kappa shape index (κ2) is 9.09. The average Bonchev–Trinajstić information content (AvgIpc) is 2.69. The molecular weight excluding hydrogens is 451 g/mol. The summed E-state index contributed by atoms with van der Waals surface area (Å²) in [6, 6.07) is 10.2. The van der Waals surface area contributed by atoms with E-state index < -0.39 is 37.5 Å². The van der Waals surface area contributed by atoms with E-state index >= 15 is 0 Å². The third kappa shape index (κ3) is 4.90. The molecule has 3 aromatic rings. The maximum absolute atomic E-state index is 13.7. The van der Waals surface area contributed by atoms with Crippen molar-refractivity contribution in [3.8, 4) is 0 Å². The Balaban J connectivity index is 2.02. The van der Waals surface area contributed by atoms with Gasteiger partial charge in [-0.3, -0.25) is 4.98 Å². The van der Waals surface area contributed by atoms with Crippen LogP contribution in [-0.4, -0.2) is 28.4 Å². The van der Waals surface area contributed by atoms with Crippen molar-refractivity contribution in [2.24, 2.45) is 0 Å². The summed E-state index contributed by atoms with van der Waals surface area (Å²) in [6.07, 6.45) is 2.88. The van der Waals surface area contributed by atoms with Crippen molar-refractivity contribution >= 4 is 19.9 Å². The number of nitrogens with zero attached hydrogens (tertiary/aromatic N) is 1. The van der Waals surface area contributed by atoms with Crippen LogP contribution in [0.5, 0.6) is 0 Å². The van der Waals surface area contributed by atoms with E-state index in [1.54, 1.807) is 38.1 Å². The number of sulfone groups is 1. The fourth-order valence-corrected chi connectivity index (χ4v) is 7.11. The molecule has 0 fully saturated rings. The topological polar surface area (TPSA) is 93.2 Å². The summed E-state index contributed by atoms with van der Waals surface area (Å²) in [5.74, 6) is -0.520. The van der Waals surface area contributed by atoms with Gasteiger partial charge in [0, 0.05) is 18.9 Å². The van der Waals surface area contributed by atoms with Gasteiger partial charge in [0.15, 0.2) is 9.84 Å². The van der Waals surface area contributed by atoms with Gasteiger partial charge in [0.25, 0.3) is 0 Å². The minimum absolute atomic E-state index is 0.0906. The average molecular weight is 477 g/mol. The number of sulfonamides is 1. The first-order chi connectivity index (χ1) is 14.9. The third-order valence-electron chi connectivity index (χ3n) is 5.22. The van der Waals surface area contributed by atoms with Crippen LogP contribution in [0.3, 0.4) is 0 Å². The number of rotatable bonds is 7. The summed E-state index contributed by atoms with van der Waals surface area (Å²) in [6.45, 7) is 6.34. The van der Waals surface area contributed by atoms with Crippen molar-refractivity contribution in [2.75, 3.05) is 6.54 Å².